The molecule has 2 aliphatic rings. The summed E-state index contributed by atoms with van der Waals surface area (Å²) in [4.78, 5) is 0. The normalized spacial score (nSPS) is 34.9. The highest BCUT2D eigenvalue weighted by atomic mass is 32.1. The highest BCUT2D eigenvalue weighted by Crippen LogP contribution is 2.44. The average Bonchev–Trinajstić information content (AvgIpc) is 2.62. The molecule has 80 valence electrons. The van der Waals surface area contributed by atoms with Crippen LogP contribution in [0.25, 0.3) is 0 Å². The smallest absolute Gasteiger partial charge is 0.181 e. The van der Waals surface area contributed by atoms with Crippen molar-refractivity contribution in [2.45, 2.75) is 31.7 Å². The predicted octanol–water partition coefficient (Wildman–Crippen LogP) is 1.12. The zero-order valence-corrected chi connectivity index (χ0v) is 9.73. The van der Waals surface area contributed by atoms with E-state index in [1.807, 2.05) is 19.1 Å². The lowest BCUT2D eigenvalue weighted by Gasteiger charge is -2.25. The Morgan fingerprint density at radius 3 is 2.57 bits per heavy atom. The second-order valence-corrected chi connectivity index (χ2v) is 5.17. The molecule has 2 bridgehead atoms. The molecule has 0 radical (unpaired) electrons. The minimum Gasteiger partial charge on any atom is -0.359 e. The molecule has 3 nitrogen and oxygen atoms in total. The van der Waals surface area contributed by atoms with Crippen LogP contribution in [0.2, 0.25) is 0 Å². The number of hydrogen-bond acceptors (Lipinski definition) is 2. The van der Waals surface area contributed by atoms with Gasteiger partial charge >= 0.3 is 0 Å². The quantitative estimate of drug-likeness (QED) is 0.531. The van der Waals surface area contributed by atoms with Crippen LogP contribution in [0.5, 0.6) is 0 Å². The van der Waals surface area contributed by atoms with Crippen molar-refractivity contribution in [2.75, 3.05) is 14.1 Å². The predicted molar refractivity (Wildman–Crippen MR) is 61.8 cm³/mol. The Labute approximate surface area is 91.2 Å². The summed E-state index contributed by atoms with van der Waals surface area (Å²) >= 11 is 5.22. The summed E-state index contributed by atoms with van der Waals surface area (Å²) in [6, 6.07) is 0.633. The fourth-order valence-corrected chi connectivity index (χ4v) is 3.16. The van der Waals surface area contributed by atoms with Crippen molar-refractivity contribution in [1.82, 2.24) is 15.8 Å². The van der Waals surface area contributed by atoms with Crippen molar-refractivity contribution in [3.05, 3.63) is 0 Å². The van der Waals surface area contributed by atoms with Gasteiger partial charge in [-0.25, -0.2) is 5.01 Å². The molecule has 2 fully saturated rings. The second-order valence-electron chi connectivity index (χ2n) is 4.76. The Balaban J connectivity index is 1.78. The van der Waals surface area contributed by atoms with Gasteiger partial charge in [-0.15, -0.1) is 0 Å². The van der Waals surface area contributed by atoms with Crippen molar-refractivity contribution in [2.24, 2.45) is 11.8 Å². The van der Waals surface area contributed by atoms with Crippen molar-refractivity contribution in [3.8, 4) is 0 Å². The first-order valence-corrected chi connectivity index (χ1v) is 5.80. The van der Waals surface area contributed by atoms with Crippen LogP contribution < -0.4 is 10.7 Å². The number of thiocarbonyl (C=S) groups is 1. The summed E-state index contributed by atoms with van der Waals surface area (Å²) in [5.41, 5.74) is 3.08. The molecule has 2 rings (SSSR count). The van der Waals surface area contributed by atoms with Gasteiger partial charge < -0.3 is 5.32 Å². The zero-order chi connectivity index (χ0) is 10.1. The summed E-state index contributed by atoms with van der Waals surface area (Å²) in [5.74, 6) is 1.85. The van der Waals surface area contributed by atoms with Crippen LogP contribution in [-0.2, 0) is 0 Å². The topological polar surface area (TPSA) is 27.3 Å². The molecule has 3 atom stereocenters. The molecule has 0 aromatic carbocycles. The number of nitrogens with zero attached hydrogens (tertiary/aromatic N) is 1. The Hall–Kier alpha value is -0.350. The standard InChI is InChI=1S/C10H19N3S/c1-13(2)12-10(14)11-9-6-7-3-4-8(9)5-7/h7-9H,3-6H2,1-2H3,(H2,11,12,14)/t7-,8-,9+/m1/s1. The zero-order valence-electron chi connectivity index (χ0n) is 8.92. The molecule has 2 aliphatic carbocycles. The summed E-state index contributed by atoms with van der Waals surface area (Å²) < 4.78 is 0. The van der Waals surface area contributed by atoms with E-state index in [-0.39, 0.29) is 0 Å². The molecule has 14 heavy (non-hydrogen) atoms. The molecule has 0 aliphatic heterocycles. The van der Waals surface area contributed by atoms with Gasteiger partial charge in [-0.05, 0) is 43.3 Å². The van der Waals surface area contributed by atoms with Crippen molar-refractivity contribution in [1.29, 1.82) is 0 Å². The average molecular weight is 213 g/mol. The summed E-state index contributed by atoms with van der Waals surface area (Å²) in [5, 5.41) is 6.07. The maximum atomic E-state index is 5.22. The van der Waals surface area contributed by atoms with E-state index in [9.17, 15) is 0 Å². The lowest BCUT2D eigenvalue weighted by Crippen LogP contribution is -2.48. The molecule has 4 heteroatoms. The van der Waals surface area contributed by atoms with Gasteiger partial charge in [0.1, 0.15) is 0 Å². The maximum absolute atomic E-state index is 5.22. The van der Waals surface area contributed by atoms with E-state index >= 15 is 0 Å². The first kappa shape index (κ1) is 10.2. The summed E-state index contributed by atoms with van der Waals surface area (Å²) in [7, 11) is 3.91. The lowest BCUT2D eigenvalue weighted by molar-refractivity contribution is 0.342. The number of rotatable bonds is 2. The Bertz CT molecular complexity index is 229. The van der Waals surface area contributed by atoms with Gasteiger partial charge in [0.15, 0.2) is 5.11 Å². The first-order valence-electron chi connectivity index (χ1n) is 5.39. The van der Waals surface area contributed by atoms with Gasteiger partial charge in [0.25, 0.3) is 0 Å². The van der Waals surface area contributed by atoms with Crippen LogP contribution in [0.4, 0.5) is 0 Å². The fraction of sp³-hybridized carbons (Fsp3) is 0.900. The van der Waals surface area contributed by atoms with Crippen LogP contribution in [0.3, 0.4) is 0 Å². The minimum absolute atomic E-state index is 0.633. The van der Waals surface area contributed by atoms with E-state index in [0.717, 1.165) is 16.9 Å². The molecule has 0 aromatic heterocycles. The van der Waals surface area contributed by atoms with Gasteiger partial charge in [-0.2, -0.15) is 0 Å². The van der Waals surface area contributed by atoms with E-state index in [2.05, 4.69) is 10.7 Å². The van der Waals surface area contributed by atoms with Crippen molar-refractivity contribution < 1.29 is 0 Å². The molecule has 0 amide bonds. The number of fused-ring (bicyclic) bond motifs is 2. The molecular formula is C10H19N3S. The third-order valence-electron chi connectivity index (χ3n) is 3.38. The van der Waals surface area contributed by atoms with Crippen LogP contribution in [0, 0.1) is 11.8 Å². The molecule has 2 N–H and O–H groups in total. The molecule has 2 saturated carbocycles. The van der Waals surface area contributed by atoms with Crippen LogP contribution in [0.1, 0.15) is 25.7 Å². The minimum atomic E-state index is 0.633. The van der Waals surface area contributed by atoms with Crippen LogP contribution >= 0.6 is 12.2 Å². The Morgan fingerprint density at radius 1 is 1.29 bits per heavy atom. The van der Waals surface area contributed by atoms with Gasteiger partial charge in [-0.1, -0.05) is 6.42 Å². The van der Waals surface area contributed by atoms with E-state index in [1.165, 1.54) is 25.7 Å². The number of hydrogen-bond donors (Lipinski definition) is 2. The highest BCUT2D eigenvalue weighted by molar-refractivity contribution is 7.80. The SMILES string of the molecule is CN(C)NC(=S)N[C@H]1C[C@@H]2CC[C@@H]1C2. The molecular weight excluding hydrogens is 194 g/mol. The van der Waals surface area contributed by atoms with Crippen LogP contribution in [0.15, 0.2) is 0 Å². The molecule has 0 heterocycles. The highest BCUT2D eigenvalue weighted by Gasteiger charge is 2.39. The first-order chi connectivity index (χ1) is 6.65. The van der Waals surface area contributed by atoms with Crippen LogP contribution in [-0.4, -0.2) is 30.3 Å². The molecule has 0 unspecified atom stereocenters. The van der Waals surface area contributed by atoms with Crippen molar-refractivity contribution in [3.63, 3.8) is 0 Å². The second kappa shape index (κ2) is 4.03. The maximum Gasteiger partial charge on any atom is 0.181 e. The fourth-order valence-electron chi connectivity index (χ4n) is 2.83. The van der Waals surface area contributed by atoms with Crippen molar-refractivity contribution >= 4 is 17.3 Å². The Morgan fingerprint density at radius 2 is 2.07 bits per heavy atom. The number of nitrogens with one attached hydrogen (secondary N) is 2. The van der Waals surface area contributed by atoms with E-state index in [0.29, 0.717) is 6.04 Å². The lowest BCUT2D eigenvalue weighted by atomic mass is 9.96. The largest absolute Gasteiger partial charge is 0.359 e. The monoisotopic (exact) mass is 213 g/mol. The Kier molecular flexibility index (Phi) is 2.93. The third-order valence-corrected chi connectivity index (χ3v) is 3.59. The molecule has 0 spiro atoms. The number of hydrazine groups is 1. The third kappa shape index (κ3) is 2.17. The summed E-state index contributed by atoms with van der Waals surface area (Å²) in [6.07, 6.45) is 5.58. The van der Waals surface area contributed by atoms with Gasteiger partial charge in [0.2, 0.25) is 0 Å². The van der Waals surface area contributed by atoms with Gasteiger partial charge in [0.05, 0.1) is 0 Å². The summed E-state index contributed by atoms with van der Waals surface area (Å²) in [6.45, 7) is 0. The van der Waals surface area contributed by atoms with E-state index in [1.54, 1.807) is 0 Å². The van der Waals surface area contributed by atoms with E-state index in [4.69, 9.17) is 12.2 Å². The van der Waals surface area contributed by atoms with E-state index < -0.39 is 0 Å². The molecule has 0 aromatic rings. The van der Waals surface area contributed by atoms with Gasteiger partial charge in [0, 0.05) is 20.1 Å². The molecule has 0 saturated heterocycles. The van der Waals surface area contributed by atoms with Gasteiger partial charge in [-0.3, -0.25) is 5.43 Å².